The van der Waals surface area contributed by atoms with Gasteiger partial charge in [0.2, 0.25) is 0 Å². The Bertz CT molecular complexity index is 2330. The van der Waals surface area contributed by atoms with Crippen LogP contribution >= 0.6 is 0 Å². The summed E-state index contributed by atoms with van der Waals surface area (Å²) in [6.45, 7) is 48.6. The van der Waals surface area contributed by atoms with Gasteiger partial charge in [-0.3, -0.25) is 0 Å². The van der Waals surface area contributed by atoms with Gasteiger partial charge in [0.15, 0.2) is 0 Å². The first-order chi connectivity index (χ1) is 32.7. The first-order valence-electron chi connectivity index (χ1n) is 27.2. The van der Waals surface area contributed by atoms with Crippen LogP contribution in [-0.2, 0) is 5.41 Å². The van der Waals surface area contributed by atoms with Gasteiger partial charge in [-0.05, 0) is 177 Å². The lowest BCUT2D eigenvalue weighted by molar-refractivity contribution is 0.443. The summed E-state index contributed by atoms with van der Waals surface area (Å²) >= 11 is 0. The number of hydrogen-bond donors (Lipinski definition) is 0. The van der Waals surface area contributed by atoms with Crippen molar-refractivity contribution in [1.82, 2.24) is 0 Å². The average Bonchev–Trinajstić information content (AvgIpc) is 3.29. The Kier molecular flexibility index (Phi) is 26.6. The molecule has 70 heavy (non-hydrogen) atoms. The van der Waals surface area contributed by atoms with Crippen molar-refractivity contribution in [2.24, 2.45) is 0 Å². The molecule has 6 aromatic rings. The average molecular weight is 944 g/mol. The topological polar surface area (TPSA) is 0 Å². The quantitative estimate of drug-likeness (QED) is 0.156. The summed E-state index contributed by atoms with van der Waals surface area (Å²) in [5.74, 6) is 4.05. The van der Waals surface area contributed by atoms with Gasteiger partial charge >= 0.3 is 0 Å². The van der Waals surface area contributed by atoms with E-state index < -0.39 is 0 Å². The number of rotatable bonds is 6. The van der Waals surface area contributed by atoms with Gasteiger partial charge < -0.3 is 0 Å². The van der Waals surface area contributed by atoms with Crippen molar-refractivity contribution in [2.75, 3.05) is 0 Å². The van der Waals surface area contributed by atoms with E-state index in [4.69, 9.17) is 0 Å². The molecule has 0 bridgehead atoms. The molecule has 0 aromatic heterocycles. The number of hydrogen-bond acceptors (Lipinski definition) is 0. The molecular weight excluding hydrogens is 841 g/mol. The molecule has 1 aliphatic rings. The fourth-order valence-corrected chi connectivity index (χ4v) is 9.13. The van der Waals surface area contributed by atoms with Crippen LogP contribution in [0.1, 0.15) is 247 Å². The lowest BCUT2D eigenvalue weighted by Crippen LogP contribution is -2.10. The van der Waals surface area contributed by atoms with Gasteiger partial charge in [-0.25, -0.2) is 0 Å². The van der Waals surface area contributed by atoms with Crippen LogP contribution in [0.2, 0.25) is 0 Å². The fraction of sp³-hybridized carbons (Fsp3) is 0.486. The van der Waals surface area contributed by atoms with Gasteiger partial charge in [0.1, 0.15) is 0 Å². The maximum Gasteiger partial charge on any atom is -0.0132 e. The summed E-state index contributed by atoms with van der Waals surface area (Å²) in [7, 11) is 0. The Hall–Kier alpha value is -4.68. The van der Waals surface area contributed by atoms with Crippen molar-refractivity contribution in [1.29, 1.82) is 0 Å². The Morgan fingerprint density at radius 1 is 0.357 bits per heavy atom. The molecule has 7 rings (SSSR count). The highest BCUT2D eigenvalue weighted by atomic mass is 14.2. The SMILES string of the molecule is Cc1c(C(C)C)cccc1C(C)C.Cc1cc(C(C)C)cc(C(C)C)c1.Cc1ccc(C(C)(C)C)cc1.Cc1ccc(C(C)C)c(C)c1.Cc1ccc(C)c(C)c1.Cc1ccc(C2CCCCC2)cc1. The Labute approximate surface area is 433 Å². The van der Waals surface area contributed by atoms with E-state index in [0.717, 1.165) is 5.92 Å². The van der Waals surface area contributed by atoms with E-state index in [2.05, 4.69) is 274 Å². The van der Waals surface area contributed by atoms with Crippen LogP contribution in [0.5, 0.6) is 0 Å². The second-order valence-electron chi connectivity index (χ2n) is 23.3. The number of benzene rings is 6. The van der Waals surface area contributed by atoms with Crippen molar-refractivity contribution < 1.29 is 0 Å². The number of aryl methyl sites for hydroxylation is 8. The van der Waals surface area contributed by atoms with Gasteiger partial charge in [-0.15, -0.1) is 0 Å². The molecule has 1 fully saturated rings. The molecule has 0 heteroatoms. The lowest BCUT2D eigenvalue weighted by Gasteiger charge is -2.21. The largest absolute Gasteiger partial charge is 0.0617 e. The van der Waals surface area contributed by atoms with E-state index in [1.807, 2.05) is 0 Å². The molecule has 1 aliphatic carbocycles. The molecular formula is C70H102. The predicted octanol–water partition coefficient (Wildman–Crippen LogP) is 21.9. The standard InChI is InChI=1S/C13H18.2C13H20.2C11H16.C9H12/c1-11-7-9-13(10-8-11)12-5-3-2-4-6-12;1-9(2)12-6-11(5)7-13(8-12)10(3)4;1-9(2)12-7-6-8-13(10(3)4)11(12)5;1-9-5-7-10(8-6-9)11(2,3)4;1-8(2)11-6-5-9(3)7-10(11)4;1-7-4-5-8(2)9(3)6-7/h7-10,12H,2-6H2,1H3;2*6-10H,1-5H3;2*5-8H,1-4H3;4-6H,1-3H3. The molecule has 0 N–H and O–H groups in total. The predicted molar refractivity (Wildman–Crippen MR) is 316 cm³/mol. The molecule has 0 atom stereocenters. The van der Waals surface area contributed by atoms with Gasteiger partial charge in [-0.1, -0.05) is 258 Å². The molecule has 0 amide bonds. The lowest BCUT2D eigenvalue weighted by atomic mass is 9.84. The third kappa shape index (κ3) is 22.2. The highest BCUT2D eigenvalue weighted by Gasteiger charge is 2.15. The molecule has 6 aromatic carbocycles. The molecule has 0 nitrogen and oxygen atoms in total. The Balaban J connectivity index is 0.000000289. The van der Waals surface area contributed by atoms with Crippen LogP contribution < -0.4 is 0 Å². The van der Waals surface area contributed by atoms with E-state index in [1.165, 1.54) is 116 Å². The molecule has 0 aliphatic heterocycles. The Morgan fingerprint density at radius 2 is 0.771 bits per heavy atom. The van der Waals surface area contributed by atoms with E-state index in [1.54, 1.807) is 5.56 Å². The van der Waals surface area contributed by atoms with Gasteiger partial charge in [0.25, 0.3) is 0 Å². The summed E-state index contributed by atoms with van der Waals surface area (Å²) in [6, 6.07) is 44.6. The maximum atomic E-state index is 2.34. The van der Waals surface area contributed by atoms with Crippen molar-refractivity contribution in [3.8, 4) is 0 Å². The third-order valence-corrected chi connectivity index (χ3v) is 13.9. The molecule has 0 spiro atoms. The second kappa shape index (κ2) is 30.3. The van der Waals surface area contributed by atoms with E-state index >= 15 is 0 Å². The van der Waals surface area contributed by atoms with Crippen LogP contribution in [0.15, 0.2) is 121 Å². The summed E-state index contributed by atoms with van der Waals surface area (Å²) in [4.78, 5) is 0. The van der Waals surface area contributed by atoms with Crippen molar-refractivity contribution >= 4 is 0 Å². The summed E-state index contributed by atoms with van der Waals surface area (Å²) in [6.07, 6.45) is 7.12. The van der Waals surface area contributed by atoms with Crippen LogP contribution in [0.25, 0.3) is 0 Å². The van der Waals surface area contributed by atoms with Gasteiger partial charge in [0, 0.05) is 0 Å². The van der Waals surface area contributed by atoms with E-state index in [9.17, 15) is 0 Å². The third-order valence-electron chi connectivity index (χ3n) is 13.9. The highest BCUT2D eigenvalue weighted by molar-refractivity contribution is 5.38. The van der Waals surface area contributed by atoms with Crippen LogP contribution in [0.3, 0.4) is 0 Å². The van der Waals surface area contributed by atoms with Crippen LogP contribution in [0.4, 0.5) is 0 Å². The zero-order valence-corrected chi connectivity index (χ0v) is 49.0. The zero-order chi connectivity index (χ0) is 52.9. The van der Waals surface area contributed by atoms with Crippen LogP contribution in [-0.4, -0.2) is 0 Å². The Morgan fingerprint density at radius 3 is 1.16 bits per heavy atom. The summed E-state index contributed by atoms with van der Waals surface area (Å²) in [5.41, 5.74) is 23.1. The van der Waals surface area contributed by atoms with Crippen molar-refractivity contribution in [3.05, 3.63) is 210 Å². The zero-order valence-electron chi connectivity index (χ0n) is 49.0. The normalized spacial score (nSPS) is 12.4. The first kappa shape index (κ1) is 61.4. The maximum absolute atomic E-state index is 2.34. The van der Waals surface area contributed by atoms with Crippen molar-refractivity contribution in [2.45, 2.75) is 225 Å². The monoisotopic (exact) mass is 943 g/mol. The van der Waals surface area contributed by atoms with Gasteiger partial charge in [-0.2, -0.15) is 0 Å². The second-order valence-corrected chi connectivity index (χ2v) is 23.3. The molecule has 0 unspecified atom stereocenters. The highest BCUT2D eigenvalue weighted by Crippen LogP contribution is 2.33. The minimum atomic E-state index is 0.285. The molecule has 0 radical (unpaired) electrons. The van der Waals surface area contributed by atoms with Gasteiger partial charge in [0.05, 0.1) is 0 Å². The smallest absolute Gasteiger partial charge is 0.0132 e. The molecule has 0 heterocycles. The molecule has 382 valence electrons. The summed E-state index contributed by atoms with van der Waals surface area (Å²) in [5, 5.41) is 0. The minimum Gasteiger partial charge on any atom is -0.0617 e. The van der Waals surface area contributed by atoms with E-state index in [0.29, 0.717) is 29.6 Å². The molecule has 1 saturated carbocycles. The first-order valence-corrected chi connectivity index (χ1v) is 27.2. The van der Waals surface area contributed by atoms with E-state index in [-0.39, 0.29) is 5.41 Å². The van der Waals surface area contributed by atoms with Crippen molar-refractivity contribution in [3.63, 3.8) is 0 Å². The minimum absolute atomic E-state index is 0.285. The van der Waals surface area contributed by atoms with Crippen LogP contribution in [0, 0.1) is 62.3 Å². The molecule has 0 saturated heterocycles. The fourth-order valence-electron chi connectivity index (χ4n) is 9.13. The summed E-state index contributed by atoms with van der Waals surface area (Å²) < 4.78 is 0.